The molecule has 0 radical (unpaired) electrons. The van der Waals surface area contributed by atoms with E-state index in [9.17, 15) is 0 Å². The number of aromatic nitrogens is 2. The van der Waals surface area contributed by atoms with Crippen molar-refractivity contribution in [2.45, 2.75) is 71.8 Å². The Bertz CT molecular complexity index is 3160. The number of benzene rings is 5. The molecule has 0 saturated heterocycles. The zero-order valence-electron chi connectivity index (χ0n) is 39.3. The van der Waals surface area contributed by atoms with Gasteiger partial charge < -0.3 is 18.8 Å². The predicted octanol–water partition coefficient (Wildman–Crippen LogP) is 17.7. The van der Waals surface area contributed by atoms with Crippen LogP contribution in [0.3, 0.4) is 0 Å². The van der Waals surface area contributed by atoms with Crippen molar-refractivity contribution in [2.24, 2.45) is 5.92 Å². The van der Waals surface area contributed by atoms with E-state index in [1.165, 1.54) is 49.6 Å². The van der Waals surface area contributed by atoms with Crippen molar-refractivity contribution in [3.05, 3.63) is 223 Å². The highest BCUT2D eigenvalue weighted by atomic mass is 32.2. The fourth-order valence-corrected chi connectivity index (χ4v) is 10.1. The molecule has 0 amide bonds. The number of hydrogen-bond acceptors (Lipinski definition) is 3. The van der Waals surface area contributed by atoms with Crippen molar-refractivity contribution >= 4 is 78.0 Å². The summed E-state index contributed by atoms with van der Waals surface area (Å²) >= 11 is 1.73. The summed E-state index contributed by atoms with van der Waals surface area (Å²) in [4.78, 5) is 3.41. The van der Waals surface area contributed by atoms with Crippen molar-refractivity contribution in [1.29, 1.82) is 0 Å². The van der Waals surface area contributed by atoms with Gasteiger partial charge >= 0.3 is 0 Å². The van der Waals surface area contributed by atoms with Gasteiger partial charge in [0, 0.05) is 73.0 Å². The second-order valence-corrected chi connectivity index (χ2v) is 17.2. The number of nitrogens with zero attached hydrogens (tertiary/aromatic N) is 3. The van der Waals surface area contributed by atoms with Crippen LogP contribution in [0.1, 0.15) is 66.4 Å². The van der Waals surface area contributed by atoms with Gasteiger partial charge in [-0.15, -0.1) is 0 Å². The molecule has 2 atom stereocenters. The molecule has 4 aliphatic rings. The minimum Gasteiger partial charge on any atom is -0.489 e. The average Bonchev–Trinajstić information content (AvgIpc) is 4.01. The quantitative estimate of drug-likeness (QED) is 0.177. The van der Waals surface area contributed by atoms with E-state index in [4.69, 9.17) is 4.74 Å². The first-order valence-electron chi connectivity index (χ1n) is 23.6. The van der Waals surface area contributed by atoms with Gasteiger partial charge in [0.25, 0.3) is 0 Å². The number of anilines is 1. The Kier molecular flexibility index (Phi) is 14.2. The Labute approximate surface area is 396 Å². The van der Waals surface area contributed by atoms with Crippen LogP contribution in [0.2, 0.25) is 0 Å². The summed E-state index contributed by atoms with van der Waals surface area (Å²) in [6.07, 6.45) is 22.6. The highest BCUT2D eigenvalue weighted by molar-refractivity contribution is 8.02. The van der Waals surface area contributed by atoms with Gasteiger partial charge in [0.1, 0.15) is 11.9 Å². The molecule has 2 unspecified atom stereocenters. The summed E-state index contributed by atoms with van der Waals surface area (Å²) in [5.41, 5.74) is 13.1. The van der Waals surface area contributed by atoms with Crippen LogP contribution in [-0.4, -0.2) is 15.2 Å². The van der Waals surface area contributed by atoms with Gasteiger partial charge in [-0.25, -0.2) is 0 Å². The second kappa shape index (κ2) is 20.5. The molecule has 5 heterocycles. The third kappa shape index (κ3) is 8.52. The molecule has 0 fully saturated rings. The first kappa shape index (κ1) is 45.6. The Balaban J connectivity index is 0.000000805. The summed E-state index contributed by atoms with van der Waals surface area (Å²) < 4.78 is 11.7. The van der Waals surface area contributed by atoms with Crippen molar-refractivity contribution in [3.63, 3.8) is 0 Å². The van der Waals surface area contributed by atoms with Gasteiger partial charge in [0.15, 0.2) is 0 Å². The van der Waals surface area contributed by atoms with Gasteiger partial charge in [-0.2, -0.15) is 0 Å². The van der Waals surface area contributed by atoms with E-state index in [1.54, 1.807) is 11.8 Å². The lowest BCUT2D eigenvalue weighted by Crippen LogP contribution is -2.22. The molecule has 3 aliphatic heterocycles. The Morgan fingerprint density at radius 2 is 1.24 bits per heavy atom. The van der Waals surface area contributed by atoms with Gasteiger partial charge in [-0.3, -0.25) is 0 Å². The fourth-order valence-electron chi connectivity index (χ4n) is 9.31. The molecule has 0 spiro atoms. The molecule has 66 heavy (non-hydrogen) atoms. The minimum absolute atomic E-state index is 0.0176. The smallest absolute Gasteiger partial charge is 0.130 e. The van der Waals surface area contributed by atoms with Crippen LogP contribution < -0.4 is 4.90 Å². The maximum Gasteiger partial charge on any atom is 0.130 e. The molecule has 5 heteroatoms. The van der Waals surface area contributed by atoms with E-state index < -0.39 is 0 Å². The van der Waals surface area contributed by atoms with E-state index >= 15 is 0 Å². The van der Waals surface area contributed by atoms with Gasteiger partial charge in [-0.1, -0.05) is 170 Å². The summed E-state index contributed by atoms with van der Waals surface area (Å²) in [6, 6.07) is 41.4. The van der Waals surface area contributed by atoms with E-state index in [1.807, 2.05) is 39.8 Å². The molecular weight excluding hydrogens is 823 g/mol. The van der Waals surface area contributed by atoms with Crippen LogP contribution in [0.15, 0.2) is 223 Å². The first-order chi connectivity index (χ1) is 32.4. The highest BCUT2D eigenvalue weighted by Gasteiger charge is 2.38. The molecule has 0 N–H and O–H groups in total. The van der Waals surface area contributed by atoms with Crippen LogP contribution in [0.25, 0.3) is 60.6 Å². The minimum atomic E-state index is 0.0176. The highest BCUT2D eigenvalue weighted by Crippen LogP contribution is 2.46. The normalized spacial score (nSPS) is 20.5. The topological polar surface area (TPSA) is 22.3 Å². The molecule has 7 aromatic rings. The molecule has 11 rings (SSSR count). The maximum absolute atomic E-state index is 6.84. The van der Waals surface area contributed by atoms with Crippen LogP contribution in [0.5, 0.6) is 0 Å². The zero-order valence-corrected chi connectivity index (χ0v) is 40.1. The number of allylic oxidation sites excluding steroid dienone is 10. The van der Waals surface area contributed by atoms with Gasteiger partial charge in [-0.05, 0) is 102 Å². The number of fused-ring (bicyclic) bond motifs is 9. The van der Waals surface area contributed by atoms with Crippen LogP contribution >= 0.6 is 11.8 Å². The molecule has 2 aromatic heterocycles. The lowest BCUT2D eigenvalue weighted by molar-refractivity contribution is 0.119. The van der Waals surface area contributed by atoms with Crippen LogP contribution in [0, 0.1) is 5.92 Å². The van der Waals surface area contributed by atoms with Gasteiger partial charge in [0.2, 0.25) is 0 Å². The Morgan fingerprint density at radius 1 is 0.636 bits per heavy atom. The SMILES string of the molecule is C=C1/C=C\C=C/N(c2ccc3c(c2)c2ccccc2n3C2=C/C(=C)c3ccccc3S/C=C\2)/C=C\C2=C(OC3CCC(n4c5ccccc5c5ccccc54)=CC23)C1=C.CC.CC.CCC. The van der Waals surface area contributed by atoms with E-state index in [0.717, 1.165) is 68.9 Å². The van der Waals surface area contributed by atoms with Crippen LogP contribution in [0.4, 0.5) is 5.69 Å². The number of hydrogen-bond donors (Lipinski definition) is 0. The fraction of sp³-hybridized carbons (Fsp3) is 0.180. The molecule has 1 aliphatic carbocycles. The molecule has 0 saturated carbocycles. The summed E-state index contributed by atoms with van der Waals surface area (Å²) in [5, 5.41) is 7.10. The third-order valence-corrected chi connectivity index (χ3v) is 13.0. The summed E-state index contributed by atoms with van der Waals surface area (Å²) in [7, 11) is 0. The van der Waals surface area contributed by atoms with E-state index in [-0.39, 0.29) is 12.0 Å². The Hall–Kier alpha value is -6.95. The van der Waals surface area contributed by atoms with Crippen molar-refractivity contribution in [3.8, 4) is 0 Å². The number of para-hydroxylation sites is 3. The van der Waals surface area contributed by atoms with Crippen LogP contribution in [-0.2, 0) is 4.74 Å². The number of thioether (sulfide) groups is 1. The van der Waals surface area contributed by atoms with Crippen molar-refractivity contribution in [2.75, 3.05) is 4.90 Å². The summed E-state index contributed by atoms with van der Waals surface area (Å²) in [6.45, 7) is 25.7. The lowest BCUT2D eigenvalue weighted by Gasteiger charge is -2.26. The standard InChI is InChI=1S/C54H41N3OS.C3H8.2C2H6/c1-35-14-12-13-29-55(38-23-25-51-46(33-38)44-18-6-10-21-50(44)57(51)40-28-31-59-53-22-11-7-15-41(53)36(2)32-40)30-27-45-47-34-39(24-26-52(47)58-54(45)37(35)3)56-48-19-8-4-16-42(48)43-17-5-9-20-49(43)56;1-3-2;2*1-2/h4-23,25,27-34,47,52H,1-3,24,26H2;3H2,1-2H3;2*1-2H3/b14-12-,29-13-,30-27-,31-28-,40-32+;;;. The monoisotopic (exact) mass is 883 g/mol. The lowest BCUT2D eigenvalue weighted by atomic mass is 9.85. The molecule has 332 valence electrons. The average molecular weight is 884 g/mol. The van der Waals surface area contributed by atoms with Crippen molar-refractivity contribution in [1.82, 2.24) is 9.13 Å². The molecular formula is C61H61N3OS. The second-order valence-electron chi connectivity index (χ2n) is 16.2. The number of ether oxygens (including phenoxy) is 1. The largest absolute Gasteiger partial charge is 0.489 e. The zero-order chi connectivity index (χ0) is 46.3. The maximum atomic E-state index is 6.84. The Morgan fingerprint density at radius 3 is 1.94 bits per heavy atom. The molecule has 0 bridgehead atoms. The molecule has 4 nitrogen and oxygen atoms in total. The molecule has 5 aromatic carbocycles. The predicted molar refractivity (Wildman–Crippen MR) is 289 cm³/mol. The third-order valence-electron chi connectivity index (χ3n) is 12.1. The first-order valence-corrected chi connectivity index (χ1v) is 24.5. The van der Waals surface area contributed by atoms with Gasteiger partial charge in [0.05, 0.1) is 22.1 Å². The van der Waals surface area contributed by atoms with E-state index in [2.05, 4.69) is 211 Å². The van der Waals surface area contributed by atoms with E-state index in [0.29, 0.717) is 0 Å². The number of rotatable bonds is 3. The van der Waals surface area contributed by atoms with Crippen molar-refractivity contribution < 1.29 is 4.74 Å². The summed E-state index contributed by atoms with van der Waals surface area (Å²) in [5.74, 6) is 0.879.